The van der Waals surface area contributed by atoms with Crippen LogP contribution in [0.15, 0.2) is 6.07 Å². The Balaban J connectivity index is 1.63. The molecule has 8 nitrogen and oxygen atoms in total. The van der Waals surface area contributed by atoms with Crippen molar-refractivity contribution in [2.75, 3.05) is 6.79 Å². The highest BCUT2D eigenvalue weighted by atomic mass is 16.8. The zero-order valence-electron chi connectivity index (χ0n) is 13.7. The van der Waals surface area contributed by atoms with Gasteiger partial charge in [0.05, 0.1) is 11.6 Å². The Hall–Kier alpha value is -2.32. The van der Waals surface area contributed by atoms with Crippen molar-refractivity contribution in [3.05, 3.63) is 17.2 Å². The van der Waals surface area contributed by atoms with Crippen LogP contribution in [0.5, 0.6) is 17.2 Å². The molecular formula is C17H17NO7. The highest BCUT2D eigenvalue weighted by molar-refractivity contribution is 6.02. The molecule has 132 valence electrons. The molecule has 1 aliphatic carbocycles. The highest BCUT2D eigenvalue weighted by Crippen LogP contribution is 2.51. The number of phenolic OH excluding ortho intramolecular Hbond substituents is 1. The minimum absolute atomic E-state index is 0.0176. The summed E-state index contributed by atoms with van der Waals surface area (Å²) in [5.41, 5.74) is 0.713. The van der Waals surface area contributed by atoms with Crippen LogP contribution in [-0.4, -0.2) is 47.6 Å². The lowest BCUT2D eigenvalue weighted by molar-refractivity contribution is -0.153. The quantitative estimate of drug-likeness (QED) is 0.716. The number of nitrogens with one attached hydrogen (secondary N) is 1. The number of carbonyl (C=O) groups is 2. The summed E-state index contributed by atoms with van der Waals surface area (Å²) < 4.78 is 22.2. The smallest absolute Gasteiger partial charge is 0.255 e. The number of hydrogen-bond acceptors (Lipinski definition) is 7. The van der Waals surface area contributed by atoms with E-state index in [-0.39, 0.29) is 42.0 Å². The first-order valence-corrected chi connectivity index (χ1v) is 8.20. The molecule has 2 N–H and O–H groups in total. The van der Waals surface area contributed by atoms with Crippen LogP contribution in [-0.2, 0) is 14.3 Å². The Morgan fingerprint density at radius 1 is 1.24 bits per heavy atom. The molecule has 0 unspecified atom stereocenters. The van der Waals surface area contributed by atoms with E-state index in [9.17, 15) is 14.7 Å². The zero-order chi connectivity index (χ0) is 17.5. The minimum Gasteiger partial charge on any atom is -0.504 e. The number of rotatable bonds is 0. The summed E-state index contributed by atoms with van der Waals surface area (Å²) in [6.45, 7) is 3.47. The van der Waals surface area contributed by atoms with Crippen LogP contribution in [0.2, 0.25) is 0 Å². The first kappa shape index (κ1) is 15.0. The second kappa shape index (κ2) is 4.64. The van der Waals surface area contributed by atoms with Crippen LogP contribution in [0, 0.1) is 0 Å². The summed E-state index contributed by atoms with van der Waals surface area (Å²) in [4.78, 5) is 25.2. The first-order chi connectivity index (χ1) is 11.9. The lowest BCUT2D eigenvalue weighted by Gasteiger charge is -2.41. The third kappa shape index (κ3) is 1.95. The number of ether oxygens (including phenoxy) is 4. The number of amides is 1. The molecule has 3 heterocycles. The number of aromatic hydroxyl groups is 1. The van der Waals surface area contributed by atoms with E-state index in [4.69, 9.17) is 18.9 Å². The predicted octanol–water partition coefficient (Wildman–Crippen LogP) is 0.809. The molecule has 1 saturated heterocycles. The Kier molecular flexibility index (Phi) is 2.78. The molecule has 0 spiro atoms. The number of Topliss-reactive ketones (excluding diaryl/α,β-unsaturated/α-hetero) is 1. The molecule has 1 aromatic rings. The molecular weight excluding hydrogens is 330 g/mol. The summed E-state index contributed by atoms with van der Waals surface area (Å²) in [5.74, 6) is -1.41. The van der Waals surface area contributed by atoms with E-state index in [1.54, 1.807) is 19.9 Å². The van der Waals surface area contributed by atoms with Crippen LogP contribution in [0.25, 0.3) is 0 Å². The van der Waals surface area contributed by atoms with Gasteiger partial charge < -0.3 is 29.4 Å². The molecule has 1 saturated carbocycles. The topological polar surface area (TPSA) is 103 Å². The Morgan fingerprint density at radius 2 is 2.04 bits per heavy atom. The maximum atomic E-state index is 12.6. The van der Waals surface area contributed by atoms with Gasteiger partial charge in [-0.1, -0.05) is 0 Å². The van der Waals surface area contributed by atoms with Gasteiger partial charge in [0.25, 0.3) is 5.91 Å². The monoisotopic (exact) mass is 347 g/mol. The predicted molar refractivity (Wildman–Crippen MR) is 81.7 cm³/mol. The molecule has 2 fully saturated rings. The third-order valence-electron chi connectivity index (χ3n) is 5.25. The molecule has 1 amide bonds. The fraction of sp³-hybridized carbons (Fsp3) is 0.529. The van der Waals surface area contributed by atoms with Gasteiger partial charge in [0, 0.05) is 12.3 Å². The average molecular weight is 347 g/mol. The average Bonchev–Trinajstić information content (AvgIpc) is 3.12. The van der Waals surface area contributed by atoms with Gasteiger partial charge in [0.1, 0.15) is 12.2 Å². The maximum Gasteiger partial charge on any atom is 0.255 e. The molecule has 0 aromatic heterocycles. The van der Waals surface area contributed by atoms with Crippen LogP contribution < -0.4 is 14.8 Å². The summed E-state index contributed by atoms with van der Waals surface area (Å²) in [6.07, 6.45) is -1.07. The molecule has 25 heavy (non-hydrogen) atoms. The molecule has 3 aliphatic heterocycles. The Labute approximate surface area is 143 Å². The summed E-state index contributed by atoms with van der Waals surface area (Å²) in [6, 6.07) is 1.27. The van der Waals surface area contributed by atoms with Crippen molar-refractivity contribution in [1.82, 2.24) is 5.32 Å². The van der Waals surface area contributed by atoms with E-state index in [0.717, 1.165) is 0 Å². The van der Waals surface area contributed by atoms with Crippen LogP contribution in [0.3, 0.4) is 0 Å². The fourth-order valence-corrected chi connectivity index (χ4v) is 4.27. The number of fused-ring (bicyclic) bond motifs is 6. The second-order valence-corrected chi connectivity index (χ2v) is 7.22. The van der Waals surface area contributed by atoms with E-state index < -0.39 is 29.9 Å². The number of phenols is 1. The summed E-state index contributed by atoms with van der Waals surface area (Å²) >= 11 is 0. The van der Waals surface area contributed by atoms with Gasteiger partial charge in [0.2, 0.25) is 12.5 Å². The lowest BCUT2D eigenvalue weighted by Crippen LogP contribution is -2.59. The summed E-state index contributed by atoms with van der Waals surface area (Å²) in [5, 5.41) is 13.3. The first-order valence-electron chi connectivity index (χ1n) is 8.20. The van der Waals surface area contributed by atoms with Crippen LogP contribution >= 0.6 is 0 Å². The Morgan fingerprint density at radius 3 is 2.84 bits per heavy atom. The van der Waals surface area contributed by atoms with Crippen LogP contribution in [0.4, 0.5) is 0 Å². The van der Waals surface area contributed by atoms with Crippen molar-refractivity contribution in [1.29, 1.82) is 0 Å². The highest BCUT2D eigenvalue weighted by Gasteiger charge is 2.57. The molecule has 5 rings (SSSR count). The van der Waals surface area contributed by atoms with Gasteiger partial charge >= 0.3 is 0 Å². The van der Waals surface area contributed by atoms with Gasteiger partial charge in [-0.15, -0.1) is 0 Å². The second-order valence-electron chi connectivity index (χ2n) is 7.22. The van der Waals surface area contributed by atoms with Crippen molar-refractivity contribution in [3.63, 3.8) is 0 Å². The van der Waals surface area contributed by atoms with Crippen molar-refractivity contribution in [3.8, 4) is 17.2 Å². The molecule has 4 atom stereocenters. The zero-order valence-corrected chi connectivity index (χ0v) is 13.7. The van der Waals surface area contributed by atoms with Gasteiger partial charge in [-0.2, -0.15) is 0 Å². The molecule has 0 bridgehead atoms. The number of ketones is 1. The third-order valence-corrected chi connectivity index (χ3v) is 5.25. The minimum atomic E-state index is -0.887. The van der Waals surface area contributed by atoms with E-state index in [1.165, 1.54) is 0 Å². The molecule has 1 aromatic carbocycles. The van der Waals surface area contributed by atoms with Crippen LogP contribution in [0.1, 0.15) is 42.1 Å². The van der Waals surface area contributed by atoms with Crippen molar-refractivity contribution in [2.24, 2.45) is 0 Å². The van der Waals surface area contributed by atoms with E-state index >= 15 is 0 Å². The SMILES string of the molecule is CC1(C)O[C@H]2[C@@H]3NC(=O)c4c(cc5c(c4O)OCO5)[C@H]3CC(=O)[C@H]2O1. The standard InChI is InChI=1S/C17H17NO7/c1-17(2)24-13-8(19)3-7-6-4-9-14(23-5-22-9)12(20)10(6)16(21)18-11(7)15(13)25-17/h4,7,11,13,15,20H,3,5H2,1-2H3,(H,18,21)/t7-,11-,13-,15+/m1/s1. The maximum absolute atomic E-state index is 12.6. The number of carbonyl (C=O) groups excluding carboxylic acids is 2. The molecule has 8 heteroatoms. The number of benzene rings is 1. The molecule has 0 radical (unpaired) electrons. The van der Waals surface area contributed by atoms with Gasteiger partial charge in [-0.3, -0.25) is 9.59 Å². The normalized spacial score (nSPS) is 34.2. The summed E-state index contributed by atoms with van der Waals surface area (Å²) in [7, 11) is 0. The van der Waals surface area contributed by atoms with Gasteiger partial charge in [-0.25, -0.2) is 0 Å². The van der Waals surface area contributed by atoms with E-state index in [0.29, 0.717) is 11.3 Å². The Bertz CT molecular complexity index is 818. The number of hydrogen-bond donors (Lipinski definition) is 2. The van der Waals surface area contributed by atoms with Crippen molar-refractivity contribution >= 4 is 11.7 Å². The largest absolute Gasteiger partial charge is 0.504 e. The van der Waals surface area contributed by atoms with Gasteiger partial charge in [0.15, 0.2) is 23.1 Å². The van der Waals surface area contributed by atoms with Crippen molar-refractivity contribution < 1.29 is 33.6 Å². The fourth-order valence-electron chi connectivity index (χ4n) is 4.27. The van der Waals surface area contributed by atoms with E-state index in [2.05, 4.69) is 5.32 Å². The lowest BCUT2D eigenvalue weighted by atomic mass is 9.72. The van der Waals surface area contributed by atoms with Gasteiger partial charge in [-0.05, 0) is 25.5 Å². The van der Waals surface area contributed by atoms with E-state index in [1.807, 2.05) is 0 Å². The van der Waals surface area contributed by atoms with Crippen molar-refractivity contribution in [2.45, 2.75) is 50.2 Å². The molecule has 4 aliphatic rings.